The molecule has 1 saturated heterocycles. The lowest BCUT2D eigenvalue weighted by Crippen LogP contribution is -2.66. The summed E-state index contributed by atoms with van der Waals surface area (Å²) in [5.41, 5.74) is 8.38. The number of carbonyl (C=O) groups is 2. The number of benzene rings is 1. The molecule has 0 unspecified atom stereocenters. The molecule has 24 heavy (non-hydrogen) atoms. The summed E-state index contributed by atoms with van der Waals surface area (Å²) in [6, 6.07) is 6.72. The summed E-state index contributed by atoms with van der Waals surface area (Å²) in [4.78, 5) is 25.1. The highest BCUT2D eigenvalue weighted by Gasteiger charge is 2.80. The van der Waals surface area contributed by atoms with Gasteiger partial charge in [0.05, 0.1) is 0 Å². The van der Waals surface area contributed by atoms with Crippen LogP contribution in [0.2, 0.25) is 5.02 Å². The average molecular weight is 348 g/mol. The van der Waals surface area contributed by atoms with Gasteiger partial charge >= 0.3 is 0 Å². The van der Waals surface area contributed by atoms with Gasteiger partial charge in [0, 0.05) is 22.5 Å². The zero-order valence-electron chi connectivity index (χ0n) is 13.9. The fraction of sp³-hybridized carbons (Fsp3) is 0.556. The Balaban J connectivity index is 1.66. The van der Waals surface area contributed by atoms with Gasteiger partial charge in [0.15, 0.2) is 0 Å². The van der Waals surface area contributed by atoms with Crippen LogP contribution < -0.4 is 11.2 Å². The Morgan fingerprint density at radius 1 is 1.29 bits per heavy atom. The summed E-state index contributed by atoms with van der Waals surface area (Å²) in [5.74, 6) is -0.0612. The van der Waals surface area contributed by atoms with Crippen LogP contribution in [0, 0.1) is 16.7 Å². The van der Waals surface area contributed by atoms with E-state index < -0.39 is 5.54 Å². The van der Waals surface area contributed by atoms with Crippen LogP contribution in [-0.4, -0.2) is 28.9 Å². The quantitative estimate of drug-likeness (QED) is 0.881. The van der Waals surface area contributed by atoms with Crippen molar-refractivity contribution in [2.75, 3.05) is 6.54 Å². The largest absolute Gasteiger partial charge is 0.368 e. The van der Waals surface area contributed by atoms with Crippen LogP contribution in [0.25, 0.3) is 0 Å². The number of hydrogen-bond donors (Lipinski definition) is 2. The van der Waals surface area contributed by atoms with Gasteiger partial charge in [-0.2, -0.15) is 0 Å². The van der Waals surface area contributed by atoms with Crippen LogP contribution in [0.5, 0.6) is 0 Å². The smallest absolute Gasteiger partial charge is 0.265 e. The number of primary amides is 1. The van der Waals surface area contributed by atoms with Crippen molar-refractivity contribution in [1.82, 2.24) is 10.4 Å². The van der Waals surface area contributed by atoms with Crippen molar-refractivity contribution in [2.45, 2.75) is 38.6 Å². The molecule has 2 aliphatic carbocycles. The van der Waals surface area contributed by atoms with Crippen LogP contribution in [0.3, 0.4) is 0 Å². The Hall–Kier alpha value is -1.59. The van der Waals surface area contributed by atoms with Gasteiger partial charge in [0.2, 0.25) is 5.91 Å². The minimum atomic E-state index is -0.785. The maximum Gasteiger partial charge on any atom is 0.265 e. The van der Waals surface area contributed by atoms with E-state index in [0.717, 1.165) is 19.3 Å². The molecular formula is C18H22ClN3O2. The number of rotatable bonds is 3. The second kappa shape index (κ2) is 4.73. The number of halogens is 1. The summed E-state index contributed by atoms with van der Waals surface area (Å²) in [6.45, 7) is 5.07. The Morgan fingerprint density at radius 3 is 2.54 bits per heavy atom. The van der Waals surface area contributed by atoms with Gasteiger partial charge < -0.3 is 5.73 Å². The average Bonchev–Trinajstić information content (AvgIpc) is 2.97. The van der Waals surface area contributed by atoms with Gasteiger partial charge in [-0.1, -0.05) is 25.4 Å². The SMILES string of the molecule is C[C@@]12CC[C@H]3C[C@]1(C(N)=O)N(NC(=O)c1ccc(Cl)cc1)C[C@]32C. The van der Waals surface area contributed by atoms with Crippen LogP contribution >= 0.6 is 11.6 Å². The van der Waals surface area contributed by atoms with E-state index in [1.54, 1.807) is 24.3 Å². The first kappa shape index (κ1) is 15.9. The van der Waals surface area contributed by atoms with E-state index in [0.29, 0.717) is 23.0 Å². The third-order valence-corrected chi connectivity index (χ3v) is 7.56. The molecule has 4 atom stereocenters. The Labute approximate surface area is 146 Å². The second-order valence-electron chi connectivity index (χ2n) is 7.95. The zero-order valence-corrected chi connectivity index (χ0v) is 14.7. The third kappa shape index (κ3) is 1.64. The summed E-state index contributed by atoms with van der Waals surface area (Å²) in [7, 11) is 0. The van der Waals surface area contributed by atoms with Crippen molar-refractivity contribution in [1.29, 1.82) is 0 Å². The summed E-state index contributed by atoms with van der Waals surface area (Å²) in [5, 5.41) is 2.40. The lowest BCUT2D eigenvalue weighted by Gasteiger charge is -2.45. The predicted octanol–water partition coefficient (Wildman–Crippen LogP) is 2.35. The lowest BCUT2D eigenvalue weighted by atomic mass is 9.65. The fourth-order valence-corrected chi connectivity index (χ4v) is 5.84. The van der Waals surface area contributed by atoms with Crippen molar-refractivity contribution in [3.05, 3.63) is 34.9 Å². The molecule has 5 nitrogen and oxygen atoms in total. The van der Waals surface area contributed by atoms with E-state index in [-0.39, 0.29) is 22.6 Å². The van der Waals surface area contributed by atoms with Gasteiger partial charge in [0.1, 0.15) is 5.54 Å². The first-order valence-electron chi connectivity index (χ1n) is 8.39. The minimum Gasteiger partial charge on any atom is -0.368 e. The monoisotopic (exact) mass is 347 g/mol. The molecule has 2 amide bonds. The first-order valence-corrected chi connectivity index (χ1v) is 8.76. The molecule has 3 aliphatic rings. The molecule has 0 spiro atoms. The summed E-state index contributed by atoms with van der Waals surface area (Å²) >= 11 is 5.88. The normalized spacial score (nSPS) is 40.0. The predicted molar refractivity (Wildman–Crippen MR) is 91.1 cm³/mol. The van der Waals surface area contributed by atoms with E-state index in [9.17, 15) is 9.59 Å². The molecule has 0 aromatic heterocycles. The van der Waals surface area contributed by atoms with Crippen LogP contribution in [-0.2, 0) is 4.79 Å². The molecule has 4 bridgehead atoms. The Morgan fingerprint density at radius 2 is 1.96 bits per heavy atom. The number of hydrogen-bond acceptors (Lipinski definition) is 3. The number of nitrogens with zero attached hydrogens (tertiary/aromatic N) is 1. The van der Waals surface area contributed by atoms with E-state index in [4.69, 9.17) is 17.3 Å². The van der Waals surface area contributed by atoms with Crippen molar-refractivity contribution < 1.29 is 9.59 Å². The van der Waals surface area contributed by atoms with E-state index >= 15 is 0 Å². The zero-order chi connectivity index (χ0) is 17.3. The molecule has 6 heteroatoms. The van der Waals surface area contributed by atoms with Crippen LogP contribution in [0.4, 0.5) is 0 Å². The number of amides is 2. The molecule has 2 saturated carbocycles. The van der Waals surface area contributed by atoms with Gasteiger partial charge in [-0.3, -0.25) is 15.0 Å². The highest BCUT2D eigenvalue weighted by molar-refractivity contribution is 6.30. The van der Waals surface area contributed by atoms with E-state index in [2.05, 4.69) is 19.3 Å². The standard InChI is InChI=1S/C18H22ClN3O2/c1-16-10-22(21-14(23)11-3-5-13(19)6-4-11)18(15(20)24)9-12(16)7-8-17(16,18)2/h3-6,12H,7-10H2,1-2H3,(H2,20,24)(H,21,23)/t12-,16+,17-,18+/m0/s1. The maximum absolute atomic E-state index is 12.6. The summed E-state index contributed by atoms with van der Waals surface area (Å²) in [6.07, 6.45) is 2.85. The Bertz CT molecular complexity index is 736. The molecule has 4 rings (SSSR count). The van der Waals surface area contributed by atoms with Gasteiger partial charge in [-0.05, 0) is 54.9 Å². The van der Waals surface area contributed by atoms with Gasteiger partial charge in [-0.15, -0.1) is 0 Å². The topological polar surface area (TPSA) is 75.4 Å². The van der Waals surface area contributed by atoms with E-state index in [1.165, 1.54) is 0 Å². The Kier molecular flexibility index (Phi) is 3.14. The maximum atomic E-state index is 12.6. The number of nitrogens with two attached hydrogens (primary N) is 1. The van der Waals surface area contributed by atoms with Crippen LogP contribution in [0.15, 0.2) is 24.3 Å². The lowest BCUT2D eigenvalue weighted by molar-refractivity contribution is -0.137. The summed E-state index contributed by atoms with van der Waals surface area (Å²) < 4.78 is 0. The molecular weight excluding hydrogens is 326 g/mol. The van der Waals surface area contributed by atoms with Crippen LogP contribution in [0.1, 0.15) is 43.5 Å². The fourth-order valence-electron chi connectivity index (χ4n) is 5.71. The van der Waals surface area contributed by atoms with Crippen molar-refractivity contribution >= 4 is 23.4 Å². The molecule has 128 valence electrons. The molecule has 3 N–H and O–H groups in total. The highest BCUT2D eigenvalue weighted by Crippen LogP contribution is 2.75. The third-order valence-electron chi connectivity index (χ3n) is 7.31. The minimum absolute atomic E-state index is 0.00923. The number of hydrazine groups is 1. The van der Waals surface area contributed by atoms with Crippen molar-refractivity contribution in [2.24, 2.45) is 22.5 Å². The van der Waals surface area contributed by atoms with Crippen molar-refractivity contribution in [3.63, 3.8) is 0 Å². The molecule has 1 heterocycles. The molecule has 0 radical (unpaired) electrons. The van der Waals surface area contributed by atoms with Gasteiger partial charge in [-0.25, -0.2) is 5.01 Å². The van der Waals surface area contributed by atoms with E-state index in [1.807, 2.05) is 5.01 Å². The molecule has 1 aromatic carbocycles. The first-order chi connectivity index (χ1) is 11.2. The molecule has 3 fully saturated rings. The number of piperidine rings is 1. The number of nitrogens with one attached hydrogen (secondary N) is 1. The second-order valence-corrected chi connectivity index (χ2v) is 8.38. The van der Waals surface area contributed by atoms with Gasteiger partial charge in [0.25, 0.3) is 5.91 Å². The van der Waals surface area contributed by atoms with Crippen molar-refractivity contribution in [3.8, 4) is 0 Å². The molecule has 1 aliphatic heterocycles. The highest BCUT2D eigenvalue weighted by atomic mass is 35.5. The number of carbonyl (C=O) groups excluding carboxylic acids is 2. The molecule has 1 aromatic rings.